The van der Waals surface area contributed by atoms with Crippen LogP contribution in [0.25, 0.3) is 11.1 Å². The average molecular weight is 532 g/mol. The fourth-order valence-electron chi connectivity index (χ4n) is 3.85. The van der Waals surface area contributed by atoms with Gasteiger partial charge in [0, 0.05) is 31.1 Å². The Labute approximate surface area is 229 Å². The van der Waals surface area contributed by atoms with Crippen LogP contribution < -0.4 is 27.0 Å². The number of anilines is 1. The summed E-state index contributed by atoms with van der Waals surface area (Å²) in [6.45, 7) is 4.12. The van der Waals surface area contributed by atoms with Crippen molar-refractivity contribution in [3.8, 4) is 11.1 Å². The average Bonchev–Trinajstić information content (AvgIpc) is 2.91. The Morgan fingerprint density at radius 2 is 1.56 bits per heavy atom. The van der Waals surface area contributed by atoms with Crippen molar-refractivity contribution in [1.29, 1.82) is 0 Å². The molecule has 0 aliphatic carbocycles. The van der Waals surface area contributed by atoms with Crippen molar-refractivity contribution in [3.05, 3.63) is 90.0 Å². The number of rotatable bonds is 12. The molecule has 0 aliphatic heterocycles. The highest BCUT2D eigenvalue weighted by Gasteiger charge is 2.24. The summed E-state index contributed by atoms with van der Waals surface area (Å²) in [4.78, 5) is 37.3. The van der Waals surface area contributed by atoms with Gasteiger partial charge in [0.05, 0.1) is 18.9 Å². The maximum Gasteiger partial charge on any atom is 0.318 e. The Bertz CT molecular complexity index is 1240. The van der Waals surface area contributed by atoms with Crippen LogP contribution in [0.4, 0.5) is 10.5 Å². The molecule has 4 amide bonds. The topological polar surface area (TPSA) is 135 Å². The lowest BCUT2D eigenvalue weighted by atomic mass is 10.0. The molecule has 0 radical (unpaired) electrons. The molecule has 3 aromatic carbocycles. The zero-order valence-electron chi connectivity index (χ0n) is 22.6. The Kier molecular flexibility index (Phi) is 10.6. The third-order valence-electron chi connectivity index (χ3n) is 5.80. The Morgan fingerprint density at radius 3 is 2.23 bits per heavy atom. The SMILES string of the molecule is CNC(=O)Nc1ccccc1-c1ccc(CNC(=O)[C@@H](COCc2ccccc2)NC(=O)CC(C)(C)N)cc1. The van der Waals surface area contributed by atoms with E-state index in [1.807, 2.05) is 78.9 Å². The van der Waals surface area contributed by atoms with Crippen molar-refractivity contribution in [2.24, 2.45) is 5.73 Å². The molecule has 0 aromatic heterocycles. The molecule has 0 bridgehead atoms. The Balaban J connectivity index is 1.63. The van der Waals surface area contributed by atoms with Crippen LogP contribution >= 0.6 is 0 Å². The largest absolute Gasteiger partial charge is 0.374 e. The molecular formula is C30H37N5O4. The van der Waals surface area contributed by atoms with Gasteiger partial charge in [-0.25, -0.2) is 4.79 Å². The first kappa shape index (κ1) is 29.3. The predicted molar refractivity (Wildman–Crippen MR) is 153 cm³/mol. The smallest absolute Gasteiger partial charge is 0.318 e. The number of hydrogen-bond donors (Lipinski definition) is 5. The first-order valence-corrected chi connectivity index (χ1v) is 12.8. The highest BCUT2D eigenvalue weighted by atomic mass is 16.5. The number of nitrogens with two attached hydrogens (primary N) is 1. The Hall–Kier alpha value is -4.21. The molecule has 39 heavy (non-hydrogen) atoms. The second-order valence-electron chi connectivity index (χ2n) is 9.95. The quantitative estimate of drug-likeness (QED) is 0.244. The molecule has 9 heteroatoms. The predicted octanol–water partition coefficient (Wildman–Crippen LogP) is 3.55. The van der Waals surface area contributed by atoms with Crippen molar-refractivity contribution < 1.29 is 19.1 Å². The Morgan fingerprint density at radius 1 is 0.897 bits per heavy atom. The molecule has 0 spiro atoms. The highest BCUT2D eigenvalue weighted by Crippen LogP contribution is 2.28. The number of benzene rings is 3. The van der Waals surface area contributed by atoms with E-state index in [1.54, 1.807) is 20.9 Å². The van der Waals surface area contributed by atoms with Crippen LogP contribution in [0.2, 0.25) is 0 Å². The van der Waals surface area contributed by atoms with E-state index in [4.69, 9.17) is 10.5 Å². The maximum absolute atomic E-state index is 13.0. The summed E-state index contributed by atoms with van der Waals surface area (Å²) in [5.41, 5.74) is 9.60. The van der Waals surface area contributed by atoms with E-state index in [1.165, 1.54) is 0 Å². The van der Waals surface area contributed by atoms with Gasteiger partial charge >= 0.3 is 6.03 Å². The molecule has 6 N–H and O–H groups in total. The lowest BCUT2D eigenvalue weighted by Gasteiger charge is -2.22. The summed E-state index contributed by atoms with van der Waals surface area (Å²) >= 11 is 0. The minimum Gasteiger partial charge on any atom is -0.374 e. The minimum atomic E-state index is -0.870. The molecule has 206 valence electrons. The summed E-state index contributed by atoms with van der Waals surface area (Å²) in [6, 6.07) is 23.6. The molecule has 3 aromatic rings. The van der Waals surface area contributed by atoms with Crippen molar-refractivity contribution in [1.82, 2.24) is 16.0 Å². The summed E-state index contributed by atoms with van der Waals surface area (Å²) in [7, 11) is 1.56. The van der Waals surface area contributed by atoms with Gasteiger partial charge in [0.25, 0.3) is 0 Å². The molecule has 0 unspecified atom stereocenters. The van der Waals surface area contributed by atoms with Gasteiger partial charge in [-0.2, -0.15) is 0 Å². The van der Waals surface area contributed by atoms with Crippen LogP contribution in [0.1, 0.15) is 31.4 Å². The number of amides is 4. The van der Waals surface area contributed by atoms with E-state index in [0.717, 1.165) is 22.3 Å². The number of hydrogen-bond acceptors (Lipinski definition) is 5. The van der Waals surface area contributed by atoms with Gasteiger partial charge in [-0.3, -0.25) is 9.59 Å². The standard InChI is InChI=1S/C30H37N5O4/c1-30(2,31)17-27(36)34-26(20-39-19-22-9-5-4-6-10-22)28(37)33-18-21-13-15-23(16-14-21)24-11-7-8-12-25(24)35-29(38)32-3/h4-16,26H,17-20,31H2,1-3H3,(H,33,37)(H,34,36)(H2,32,35,38)/t26-/m1/s1. The molecule has 9 nitrogen and oxygen atoms in total. The van der Waals surface area contributed by atoms with Crippen LogP contribution in [-0.2, 0) is 27.5 Å². The lowest BCUT2D eigenvalue weighted by molar-refractivity contribution is -0.131. The number of nitrogens with one attached hydrogen (secondary N) is 4. The van der Waals surface area contributed by atoms with Crippen molar-refractivity contribution in [2.45, 2.75) is 45.0 Å². The number of ether oxygens (including phenoxy) is 1. The van der Waals surface area contributed by atoms with Crippen LogP contribution in [0.5, 0.6) is 0 Å². The zero-order chi connectivity index (χ0) is 28.3. The van der Waals surface area contributed by atoms with Gasteiger partial charge in [0.2, 0.25) is 11.8 Å². The molecule has 3 rings (SSSR count). The number of para-hydroxylation sites is 1. The molecule has 0 heterocycles. The molecule has 0 saturated heterocycles. The number of carbonyl (C=O) groups is 3. The van der Waals surface area contributed by atoms with E-state index in [2.05, 4.69) is 21.3 Å². The number of urea groups is 1. The molecule has 1 atom stereocenters. The summed E-state index contributed by atoms with van der Waals surface area (Å²) < 4.78 is 5.76. The van der Waals surface area contributed by atoms with Gasteiger partial charge in [-0.05, 0) is 36.6 Å². The second kappa shape index (κ2) is 14.1. The van der Waals surface area contributed by atoms with Crippen LogP contribution in [0.3, 0.4) is 0 Å². The van der Waals surface area contributed by atoms with Gasteiger partial charge in [-0.15, -0.1) is 0 Å². The third kappa shape index (κ3) is 9.88. The first-order valence-electron chi connectivity index (χ1n) is 12.8. The van der Waals surface area contributed by atoms with E-state index in [9.17, 15) is 14.4 Å². The maximum atomic E-state index is 13.0. The van der Waals surface area contributed by atoms with Crippen LogP contribution in [0.15, 0.2) is 78.9 Å². The molecule has 0 saturated carbocycles. The van der Waals surface area contributed by atoms with Crippen LogP contribution in [-0.4, -0.2) is 43.1 Å². The van der Waals surface area contributed by atoms with Crippen molar-refractivity contribution >= 4 is 23.5 Å². The highest BCUT2D eigenvalue weighted by molar-refractivity contribution is 5.94. The van der Waals surface area contributed by atoms with Crippen molar-refractivity contribution in [3.63, 3.8) is 0 Å². The molecule has 0 aliphatic rings. The normalized spacial score (nSPS) is 11.8. The van der Waals surface area contributed by atoms with Crippen molar-refractivity contribution in [2.75, 3.05) is 19.0 Å². The summed E-state index contributed by atoms with van der Waals surface area (Å²) in [5, 5.41) is 11.0. The summed E-state index contributed by atoms with van der Waals surface area (Å²) in [6.07, 6.45) is 0.0766. The van der Waals surface area contributed by atoms with E-state index >= 15 is 0 Å². The van der Waals surface area contributed by atoms with E-state index in [-0.39, 0.29) is 37.4 Å². The van der Waals surface area contributed by atoms with Gasteiger partial charge in [-0.1, -0.05) is 72.8 Å². The van der Waals surface area contributed by atoms with Gasteiger partial charge in [0.1, 0.15) is 6.04 Å². The molecule has 0 fully saturated rings. The number of carbonyl (C=O) groups excluding carboxylic acids is 3. The first-order chi connectivity index (χ1) is 18.6. The fraction of sp³-hybridized carbons (Fsp3) is 0.300. The monoisotopic (exact) mass is 531 g/mol. The third-order valence-corrected chi connectivity index (χ3v) is 5.80. The lowest BCUT2D eigenvalue weighted by Crippen LogP contribution is -2.51. The second-order valence-corrected chi connectivity index (χ2v) is 9.95. The molecular weight excluding hydrogens is 494 g/mol. The fourth-order valence-corrected chi connectivity index (χ4v) is 3.85. The van der Waals surface area contributed by atoms with E-state index in [0.29, 0.717) is 12.3 Å². The van der Waals surface area contributed by atoms with Gasteiger partial charge in [0.15, 0.2) is 0 Å². The summed E-state index contributed by atoms with van der Waals surface area (Å²) in [5.74, 6) is -0.671. The zero-order valence-corrected chi connectivity index (χ0v) is 22.6. The minimum absolute atomic E-state index is 0.0194. The van der Waals surface area contributed by atoms with Crippen LogP contribution in [0, 0.1) is 0 Å². The van der Waals surface area contributed by atoms with E-state index < -0.39 is 11.6 Å². The van der Waals surface area contributed by atoms with Gasteiger partial charge < -0.3 is 31.7 Å².